The number of benzene rings is 1. The predicted molar refractivity (Wildman–Crippen MR) is 121 cm³/mol. The minimum atomic E-state index is 0.0719. The summed E-state index contributed by atoms with van der Waals surface area (Å²) in [5.41, 5.74) is 2.45. The Morgan fingerprint density at radius 1 is 1.20 bits per heavy atom. The third-order valence-corrected chi connectivity index (χ3v) is 7.56. The van der Waals surface area contributed by atoms with Gasteiger partial charge in [0.05, 0.1) is 11.8 Å². The fourth-order valence-corrected chi connectivity index (χ4v) is 5.35. The van der Waals surface area contributed by atoms with Gasteiger partial charge in [0, 0.05) is 17.3 Å². The molecule has 1 amide bonds. The molecular formula is C23H26N4OS2. The summed E-state index contributed by atoms with van der Waals surface area (Å²) in [6, 6.07) is 13.4. The molecule has 5 rings (SSSR count). The Balaban J connectivity index is 1.24. The molecular weight excluding hydrogens is 412 g/mol. The van der Waals surface area contributed by atoms with Crippen molar-refractivity contribution in [2.75, 3.05) is 5.75 Å². The van der Waals surface area contributed by atoms with Crippen molar-refractivity contribution in [1.29, 1.82) is 0 Å². The van der Waals surface area contributed by atoms with E-state index in [1.54, 1.807) is 11.3 Å². The van der Waals surface area contributed by atoms with Crippen LogP contribution < -0.4 is 5.32 Å². The zero-order chi connectivity index (χ0) is 20.5. The van der Waals surface area contributed by atoms with E-state index in [9.17, 15) is 4.79 Å². The van der Waals surface area contributed by atoms with Gasteiger partial charge < -0.3 is 9.88 Å². The van der Waals surface area contributed by atoms with Gasteiger partial charge in [0.25, 0.3) is 0 Å². The van der Waals surface area contributed by atoms with Crippen LogP contribution in [0.1, 0.15) is 59.6 Å². The maximum atomic E-state index is 12.8. The molecule has 156 valence electrons. The molecule has 2 heterocycles. The Morgan fingerprint density at radius 2 is 2.00 bits per heavy atom. The molecule has 2 fully saturated rings. The van der Waals surface area contributed by atoms with Gasteiger partial charge >= 0.3 is 0 Å². The number of thioether (sulfide) groups is 1. The number of carbonyl (C=O) groups excluding carboxylic acids is 1. The van der Waals surface area contributed by atoms with E-state index in [0.29, 0.717) is 17.7 Å². The topological polar surface area (TPSA) is 59.8 Å². The van der Waals surface area contributed by atoms with Crippen molar-refractivity contribution in [3.63, 3.8) is 0 Å². The lowest BCUT2D eigenvalue weighted by molar-refractivity contribution is -0.119. The Labute approximate surface area is 185 Å². The first kappa shape index (κ1) is 19.8. The van der Waals surface area contributed by atoms with Crippen LogP contribution in [0.3, 0.4) is 0 Å². The zero-order valence-electron chi connectivity index (χ0n) is 17.1. The third-order valence-electron chi connectivity index (χ3n) is 5.74. The Hall–Kier alpha value is -2.12. The second-order valence-corrected chi connectivity index (χ2v) is 10.3. The van der Waals surface area contributed by atoms with Crippen molar-refractivity contribution in [2.24, 2.45) is 5.92 Å². The normalized spacial score (nSPS) is 17.1. The maximum absolute atomic E-state index is 12.8. The average Bonchev–Trinajstić information content (AvgIpc) is 3.68. The summed E-state index contributed by atoms with van der Waals surface area (Å²) in [6.07, 6.45) is 5.53. The van der Waals surface area contributed by atoms with E-state index in [1.165, 1.54) is 53.4 Å². The van der Waals surface area contributed by atoms with Gasteiger partial charge in [-0.1, -0.05) is 47.7 Å². The van der Waals surface area contributed by atoms with Crippen LogP contribution in [0, 0.1) is 12.8 Å². The average molecular weight is 439 g/mol. The van der Waals surface area contributed by atoms with Crippen LogP contribution in [0.2, 0.25) is 0 Å². The first-order valence-corrected chi connectivity index (χ1v) is 12.5. The van der Waals surface area contributed by atoms with E-state index in [1.807, 2.05) is 0 Å². The van der Waals surface area contributed by atoms with Gasteiger partial charge in [-0.05, 0) is 55.5 Å². The van der Waals surface area contributed by atoms with Gasteiger partial charge in [0.1, 0.15) is 5.82 Å². The summed E-state index contributed by atoms with van der Waals surface area (Å²) >= 11 is 3.26. The highest BCUT2D eigenvalue weighted by atomic mass is 32.2. The Morgan fingerprint density at radius 3 is 2.67 bits per heavy atom. The SMILES string of the molecule is Cc1ccc(C(NC(=O)CSc2nnc(Cc3cccs3)n2C2CC2)C2CC2)cc1. The van der Waals surface area contributed by atoms with Crippen molar-refractivity contribution in [3.05, 3.63) is 63.6 Å². The smallest absolute Gasteiger partial charge is 0.230 e. The van der Waals surface area contributed by atoms with E-state index in [0.717, 1.165) is 17.4 Å². The monoisotopic (exact) mass is 438 g/mol. The second kappa shape index (κ2) is 8.55. The summed E-state index contributed by atoms with van der Waals surface area (Å²) in [6.45, 7) is 2.09. The Kier molecular flexibility index (Phi) is 5.65. The lowest BCUT2D eigenvalue weighted by atomic mass is 10.0. The summed E-state index contributed by atoms with van der Waals surface area (Å²) in [5, 5.41) is 15.1. The van der Waals surface area contributed by atoms with E-state index in [4.69, 9.17) is 0 Å². The second-order valence-electron chi connectivity index (χ2n) is 8.34. The van der Waals surface area contributed by atoms with Crippen molar-refractivity contribution in [3.8, 4) is 0 Å². The summed E-state index contributed by atoms with van der Waals surface area (Å²) < 4.78 is 2.26. The molecule has 0 radical (unpaired) electrons. The molecule has 0 spiro atoms. The maximum Gasteiger partial charge on any atom is 0.230 e. The number of aryl methyl sites for hydroxylation is 1. The van der Waals surface area contributed by atoms with Crippen LogP contribution in [-0.2, 0) is 11.2 Å². The van der Waals surface area contributed by atoms with Gasteiger partial charge in [-0.15, -0.1) is 21.5 Å². The van der Waals surface area contributed by atoms with Gasteiger partial charge in [0.15, 0.2) is 5.16 Å². The van der Waals surface area contributed by atoms with Crippen LogP contribution in [0.5, 0.6) is 0 Å². The quantitative estimate of drug-likeness (QED) is 0.481. The molecule has 1 unspecified atom stereocenters. The van der Waals surface area contributed by atoms with Crippen LogP contribution >= 0.6 is 23.1 Å². The molecule has 2 aliphatic rings. The van der Waals surface area contributed by atoms with Crippen molar-refractivity contribution in [2.45, 2.75) is 56.3 Å². The number of amides is 1. The van der Waals surface area contributed by atoms with Crippen LogP contribution in [0.25, 0.3) is 0 Å². The number of nitrogens with one attached hydrogen (secondary N) is 1. The molecule has 5 nitrogen and oxygen atoms in total. The van der Waals surface area contributed by atoms with Crippen molar-refractivity contribution >= 4 is 29.0 Å². The molecule has 0 aliphatic heterocycles. The Bertz CT molecular complexity index is 1000. The summed E-state index contributed by atoms with van der Waals surface area (Å²) in [4.78, 5) is 14.1. The standard InChI is InChI=1S/C23H26N4OS2/c1-15-4-6-16(7-5-15)22(17-8-9-17)24-21(28)14-30-23-26-25-20(27(23)18-10-11-18)13-19-3-2-12-29-19/h2-7,12,17-18,22H,8-11,13-14H2,1H3,(H,24,28). The molecule has 2 saturated carbocycles. The number of aromatic nitrogens is 3. The van der Waals surface area contributed by atoms with Crippen LogP contribution in [-0.4, -0.2) is 26.4 Å². The molecule has 7 heteroatoms. The number of carbonyl (C=O) groups is 1. The van der Waals surface area contributed by atoms with E-state index < -0.39 is 0 Å². The van der Waals surface area contributed by atoms with Gasteiger partial charge in [-0.3, -0.25) is 4.79 Å². The highest BCUT2D eigenvalue weighted by Gasteiger charge is 2.34. The largest absolute Gasteiger partial charge is 0.348 e. The van der Waals surface area contributed by atoms with E-state index in [-0.39, 0.29) is 11.9 Å². The minimum absolute atomic E-state index is 0.0719. The molecule has 1 atom stereocenters. The number of rotatable bonds is 9. The van der Waals surface area contributed by atoms with Crippen LogP contribution in [0.4, 0.5) is 0 Å². The number of hydrogen-bond acceptors (Lipinski definition) is 5. The first-order valence-electron chi connectivity index (χ1n) is 10.6. The van der Waals surface area contributed by atoms with E-state index in [2.05, 4.69) is 68.8 Å². The first-order chi connectivity index (χ1) is 14.7. The number of hydrogen-bond donors (Lipinski definition) is 1. The van der Waals surface area contributed by atoms with Gasteiger partial charge in [0.2, 0.25) is 5.91 Å². The molecule has 0 bridgehead atoms. The van der Waals surface area contributed by atoms with Gasteiger partial charge in [-0.25, -0.2) is 0 Å². The van der Waals surface area contributed by atoms with Crippen molar-refractivity contribution < 1.29 is 4.79 Å². The summed E-state index contributed by atoms with van der Waals surface area (Å²) in [7, 11) is 0. The van der Waals surface area contributed by atoms with E-state index >= 15 is 0 Å². The molecule has 1 N–H and O–H groups in total. The predicted octanol–water partition coefficient (Wildman–Crippen LogP) is 4.93. The van der Waals surface area contributed by atoms with Gasteiger partial charge in [-0.2, -0.15) is 0 Å². The molecule has 30 heavy (non-hydrogen) atoms. The molecule has 3 aromatic rings. The third kappa shape index (κ3) is 4.62. The number of thiophene rings is 1. The fraction of sp³-hybridized carbons (Fsp3) is 0.435. The highest BCUT2D eigenvalue weighted by Crippen LogP contribution is 2.41. The fourth-order valence-electron chi connectivity index (χ4n) is 3.82. The molecule has 0 saturated heterocycles. The van der Waals surface area contributed by atoms with Crippen LogP contribution in [0.15, 0.2) is 46.9 Å². The molecule has 2 aliphatic carbocycles. The zero-order valence-corrected chi connectivity index (χ0v) is 18.7. The summed E-state index contributed by atoms with van der Waals surface area (Å²) in [5.74, 6) is 2.02. The molecule has 1 aromatic carbocycles. The van der Waals surface area contributed by atoms with Crippen molar-refractivity contribution in [1.82, 2.24) is 20.1 Å². The lowest BCUT2D eigenvalue weighted by Gasteiger charge is -2.19. The highest BCUT2D eigenvalue weighted by molar-refractivity contribution is 7.99. The molecule has 2 aromatic heterocycles. The lowest BCUT2D eigenvalue weighted by Crippen LogP contribution is -2.31. The minimum Gasteiger partial charge on any atom is -0.348 e. The number of nitrogens with zero attached hydrogens (tertiary/aromatic N) is 3.